The molecule has 0 radical (unpaired) electrons. The third-order valence-corrected chi connectivity index (χ3v) is 6.06. The second-order valence-electron chi connectivity index (χ2n) is 7.11. The Labute approximate surface area is 202 Å². The van der Waals surface area contributed by atoms with Crippen molar-refractivity contribution in [3.8, 4) is 22.9 Å². The minimum Gasteiger partial charge on any atom is -0.448 e. The number of carbonyl (C=O) groups excluding carboxylic acids is 1. The average molecular weight is 521 g/mol. The number of esters is 1. The van der Waals surface area contributed by atoms with E-state index in [4.69, 9.17) is 9.47 Å². The SMILES string of the molecule is CSc1nnc2c(n1)O[C@@H](c1ccc(OC(=O)c3ccc(Br)cc3)cc1)Nc1ccccc1-2. The molecule has 0 amide bonds. The van der Waals surface area contributed by atoms with E-state index in [2.05, 4.69) is 36.4 Å². The summed E-state index contributed by atoms with van der Waals surface area (Å²) in [6, 6.07) is 22.0. The number of nitrogens with zero attached hydrogens (tertiary/aromatic N) is 3. The summed E-state index contributed by atoms with van der Waals surface area (Å²) in [5.74, 6) is 0.423. The summed E-state index contributed by atoms with van der Waals surface area (Å²) in [4.78, 5) is 16.9. The molecular formula is C24H17BrN4O3S. The fourth-order valence-corrected chi connectivity index (χ4v) is 3.91. The van der Waals surface area contributed by atoms with Crippen molar-refractivity contribution in [1.29, 1.82) is 0 Å². The van der Waals surface area contributed by atoms with Gasteiger partial charge < -0.3 is 14.8 Å². The number of nitrogens with one attached hydrogen (secondary N) is 1. The van der Waals surface area contributed by atoms with Crippen LogP contribution in [0, 0.1) is 0 Å². The normalized spacial score (nSPS) is 14.2. The lowest BCUT2D eigenvalue weighted by molar-refractivity contribution is 0.0734. The summed E-state index contributed by atoms with van der Waals surface area (Å²) >= 11 is 4.76. The molecule has 0 spiro atoms. The van der Waals surface area contributed by atoms with Crippen LogP contribution in [0.25, 0.3) is 11.3 Å². The van der Waals surface area contributed by atoms with Crippen molar-refractivity contribution in [1.82, 2.24) is 15.2 Å². The molecule has 7 nitrogen and oxygen atoms in total. The maximum absolute atomic E-state index is 12.4. The first-order valence-electron chi connectivity index (χ1n) is 10.00. The minimum absolute atomic E-state index is 0.405. The first-order chi connectivity index (χ1) is 16.1. The summed E-state index contributed by atoms with van der Waals surface area (Å²) in [5, 5.41) is 12.4. The smallest absolute Gasteiger partial charge is 0.343 e. The fourth-order valence-electron chi connectivity index (χ4n) is 3.35. The van der Waals surface area contributed by atoms with Gasteiger partial charge in [-0.05, 0) is 60.9 Å². The third kappa shape index (κ3) is 4.55. The Hall–Kier alpha value is -3.43. The lowest BCUT2D eigenvalue weighted by atomic mass is 10.1. The van der Waals surface area contributed by atoms with Crippen molar-refractivity contribution in [2.75, 3.05) is 11.6 Å². The maximum Gasteiger partial charge on any atom is 0.343 e. The molecule has 164 valence electrons. The highest BCUT2D eigenvalue weighted by molar-refractivity contribution is 9.10. The third-order valence-electron chi connectivity index (χ3n) is 4.99. The molecule has 2 heterocycles. The number of ether oxygens (including phenoxy) is 2. The largest absolute Gasteiger partial charge is 0.448 e. The van der Waals surface area contributed by atoms with Gasteiger partial charge >= 0.3 is 5.97 Å². The van der Waals surface area contributed by atoms with Crippen LogP contribution in [-0.4, -0.2) is 27.4 Å². The molecule has 0 saturated carbocycles. The lowest BCUT2D eigenvalue weighted by Crippen LogP contribution is -2.17. The number of benzene rings is 3. The number of para-hydroxylation sites is 1. The quantitative estimate of drug-likeness (QED) is 0.207. The van der Waals surface area contributed by atoms with Crippen molar-refractivity contribution < 1.29 is 14.3 Å². The van der Waals surface area contributed by atoms with E-state index in [0.29, 0.717) is 28.0 Å². The van der Waals surface area contributed by atoms with Crippen LogP contribution in [-0.2, 0) is 0 Å². The Bertz CT molecular complexity index is 1320. The van der Waals surface area contributed by atoms with Gasteiger partial charge in [0, 0.05) is 21.3 Å². The molecule has 0 fully saturated rings. The zero-order chi connectivity index (χ0) is 22.8. The summed E-state index contributed by atoms with van der Waals surface area (Å²) in [5.41, 5.74) is 3.62. The summed E-state index contributed by atoms with van der Waals surface area (Å²) in [6.07, 6.45) is 1.37. The van der Waals surface area contributed by atoms with E-state index in [0.717, 1.165) is 21.3 Å². The zero-order valence-electron chi connectivity index (χ0n) is 17.4. The Balaban J connectivity index is 1.41. The van der Waals surface area contributed by atoms with Crippen molar-refractivity contribution in [2.45, 2.75) is 11.4 Å². The number of hydrogen-bond donors (Lipinski definition) is 1. The molecule has 1 aromatic heterocycles. The maximum atomic E-state index is 12.4. The molecule has 1 atom stereocenters. The van der Waals surface area contributed by atoms with Gasteiger partial charge in [-0.3, -0.25) is 0 Å². The standard InChI is InChI=1S/C24H17BrN4O3S/c1-33-24-27-22-20(28-29-24)18-4-2-3-5-19(18)26-21(32-22)14-8-12-17(13-9-14)31-23(30)15-6-10-16(25)11-7-15/h2-13,21,26H,1H3/t21-/m0/s1. The van der Waals surface area contributed by atoms with Gasteiger partial charge in [-0.25, -0.2) is 4.79 Å². The van der Waals surface area contributed by atoms with Crippen molar-refractivity contribution in [2.24, 2.45) is 0 Å². The number of fused-ring (bicyclic) bond motifs is 3. The molecule has 0 saturated heterocycles. The van der Waals surface area contributed by atoms with E-state index in [1.165, 1.54) is 11.8 Å². The van der Waals surface area contributed by atoms with Crippen LogP contribution < -0.4 is 14.8 Å². The molecule has 3 aromatic carbocycles. The predicted octanol–water partition coefficient (Wildman–Crippen LogP) is 5.75. The van der Waals surface area contributed by atoms with Crippen LogP contribution in [0.1, 0.15) is 22.1 Å². The number of aromatic nitrogens is 3. The first kappa shape index (κ1) is 21.4. The fraction of sp³-hybridized carbons (Fsp3) is 0.0833. The van der Waals surface area contributed by atoms with Crippen LogP contribution in [0.4, 0.5) is 5.69 Å². The van der Waals surface area contributed by atoms with Gasteiger partial charge in [0.2, 0.25) is 11.0 Å². The van der Waals surface area contributed by atoms with Crippen molar-refractivity contribution >= 4 is 39.3 Å². The van der Waals surface area contributed by atoms with Crippen molar-refractivity contribution in [3.63, 3.8) is 0 Å². The van der Waals surface area contributed by atoms with E-state index < -0.39 is 12.2 Å². The molecule has 0 unspecified atom stereocenters. The second-order valence-corrected chi connectivity index (χ2v) is 8.79. The summed E-state index contributed by atoms with van der Waals surface area (Å²) in [6.45, 7) is 0. The summed E-state index contributed by atoms with van der Waals surface area (Å²) in [7, 11) is 0. The molecule has 1 aliphatic heterocycles. The zero-order valence-corrected chi connectivity index (χ0v) is 19.8. The molecule has 0 bridgehead atoms. The number of anilines is 1. The first-order valence-corrected chi connectivity index (χ1v) is 12.0. The highest BCUT2D eigenvalue weighted by Gasteiger charge is 2.26. The van der Waals surface area contributed by atoms with E-state index in [9.17, 15) is 4.79 Å². The molecule has 1 N–H and O–H groups in total. The molecule has 4 aromatic rings. The molecule has 33 heavy (non-hydrogen) atoms. The van der Waals surface area contributed by atoms with Gasteiger partial charge in [-0.2, -0.15) is 4.98 Å². The Morgan fingerprint density at radius 3 is 2.55 bits per heavy atom. The van der Waals surface area contributed by atoms with Gasteiger partial charge in [0.1, 0.15) is 5.75 Å². The van der Waals surface area contributed by atoms with Gasteiger partial charge in [-0.15, -0.1) is 10.2 Å². The van der Waals surface area contributed by atoms with Gasteiger partial charge in [0.25, 0.3) is 0 Å². The van der Waals surface area contributed by atoms with Crippen molar-refractivity contribution in [3.05, 3.63) is 88.4 Å². The van der Waals surface area contributed by atoms with E-state index in [-0.39, 0.29) is 0 Å². The van der Waals surface area contributed by atoms with Crippen LogP contribution in [0.3, 0.4) is 0 Å². The van der Waals surface area contributed by atoms with Crippen LogP contribution in [0.5, 0.6) is 11.6 Å². The van der Waals surface area contributed by atoms with Gasteiger partial charge in [0.05, 0.1) is 5.56 Å². The second kappa shape index (κ2) is 9.21. The van der Waals surface area contributed by atoms with Crippen LogP contribution in [0.15, 0.2) is 82.4 Å². The Kier molecular flexibility index (Phi) is 5.97. The molecule has 5 rings (SSSR count). The monoisotopic (exact) mass is 520 g/mol. The summed E-state index contributed by atoms with van der Waals surface area (Å²) < 4.78 is 12.6. The molecular weight excluding hydrogens is 504 g/mol. The number of rotatable bonds is 4. The van der Waals surface area contributed by atoms with E-state index >= 15 is 0 Å². The van der Waals surface area contributed by atoms with E-state index in [1.807, 2.05) is 42.7 Å². The average Bonchev–Trinajstić information content (AvgIpc) is 3.01. The predicted molar refractivity (Wildman–Crippen MR) is 130 cm³/mol. The Morgan fingerprint density at radius 2 is 1.79 bits per heavy atom. The molecule has 1 aliphatic rings. The number of thioether (sulfide) groups is 1. The van der Waals surface area contributed by atoms with Crippen LogP contribution in [0.2, 0.25) is 0 Å². The lowest BCUT2D eigenvalue weighted by Gasteiger charge is -2.19. The topological polar surface area (TPSA) is 86.2 Å². The van der Waals surface area contributed by atoms with Gasteiger partial charge in [-0.1, -0.05) is 45.9 Å². The van der Waals surface area contributed by atoms with Gasteiger partial charge in [0.15, 0.2) is 11.9 Å². The number of hydrogen-bond acceptors (Lipinski definition) is 8. The van der Waals surface area contributed by atoms with E-state index in [1.54, 1.807) is 36.4 Å². The highest BCUT2D eigenvalue weighted by Crippen LogP contribution is 2.39. The molecule has 9 heteroatoms. The number of carbonyl (C=O) groups is 1. The highest BCUT2D eigenvalue weighted by atomic mass is 79.9. The number of halogens is 1. The van der Waals surface area contributed by atoms with Crippen LogP contribution >= 0.6 is 27.7 Å². The minimum atomic E-state index is -0.518. The molecule has 0 aliphatic carbocycles. The Morgan fingerprint density at radius 1 is 1.03 bits per heavy atom.